The molecule has 0 amide bonds. The summed E-state index contributed by atoms with van der Waals surface area (Å²) in [5.74, 6) is -0.248. The minimum atomic E-state index is -0.451. The molecule has 106 valence electrons. The lowest BCUT2D eigenvalue weighted by Gasteiger charge is -2.10. The molecule has 4 nitrogen and oxygen atoms in total. The maximum absolute atomic E-state index is 11.8. The molecule has 0 atom stereocenters. The number of esters is 1. The molecule has 0 N–H and O–H groups in total. The van der Waals surface area contributed by atoms with Crippen LogP contribution in [0.15, 0.2) is 33.2 Å². The topological polar surface area (TPSA) is 44.1 Å². The first-order chi connectivity index (χ1) is 9.45. The van der Waals surface area contributed by atoms with E-state index in [0.717, 1.165) is 15.9 Å². The minimum absolute atomic E-state index is 0.203. The lowest BCUT2D eigenvalue weighted by Crippen LogP contribution is -2.05. The summed E-state index contributed by atoms with van der Waals surface area (Å²) < 4.78 is 8.17. The molecule has 0 fully saturated rings. The quantitative estimate of drug-likeness (QED) is 0.720. The molecule has 0 saturated carbocycles. The minimum Gasteiger partial charge on any atom is -0.464 e. The van der Waals surface area contributed by atoms with Crippen LogP contribution in [-0.4, -0.2) is 22.9 Å². The van der Waals surface area contributed by atoms with Crippen LogP contribution in [0.5, 0.6) is 0 Å². The first kappa shape index (κ1) is 15.3. The van der Waals surface area contributed by atoms with Crippen molar-refractivity contribution in [2.75, 3.05) is 7.11 Å². The second kappa shape index (κ2) is 6.10. The molecule has 0 spiro atoms. The van der Waals surface area contributed by atoms with Crippen molar-refractivity contribution >= 4 is 37.8 Å². The molecule has 0 saturated heterocycles. The Kier molecular flexibility index (Phi) is 4.65. The van der Waals surface area contributed by atoms with Crippen LogP contribution in [0.1, 0.15) is 35.9 Å². The molecule has 1 heterocycles. The first-order valence-corrected chi connectivity index (χ1v) is 7.67. The summed E-state index contributed by atoms with van der Waals surface area (Å²) in [6, 6.07) is 7.76. The van der Waals surface area contributed by atoms with Crippen molar-refractivity contribution < 1.29 is 9.53 Å². The molecule has 2 rings (SSSR count). The van der Waals surface area contributed by atoms with Gasteiger partial charge >= 0.3 is 5.97 Å². The number of carbonyl (C=O) groups is 1. The Morgan fingerprint density at radius 3 is 2.60 bits per heavy atom. The van der Waals surface area contributed by atoms with Crippen LogP contribution in [-0.2, 0) is 4.74 Å². The largest absolute Gasteiger partial charge is 0.464 e. The third-order valence-electron chi connectivity index (χ3n) is 2.84. The van der Waals surface area contributed by atoms with Crippen molar-refractivity contribution in [2.24, 2.45) is 0 Å². The third-order valence-corrected chi connectivity index (χ3v) is 4.11. The molecule has 0 aliphatic rings. The molecule has 0 aliphatic heterocycles. The Hall–Kier alpha value is -1.14. The third kappa shape index (κ3) is 2.81. The second-order valence-electron chi connectivity index (χ2n) is 4.59. The molecule has 0 unspecified atom stereocenters. The van der Waals surface area contributed by atoms with E-state index in [0.29, 0.717) is 4.47 Å². The zero-order chi connectivity index (χ0) is 14.9. The van der Waals surface area contributed by atoms with Gasteiger partial charge in [0.05, 0.1) is 23.0 Å². The predicted molar refractivity (Wildman–Crippen MR) is 84.4 cm³/mol. The fraction of sp³-hybridized carbons (Fsp3) is 0.286. The van der Waals surface area contributed by atoms with Gasteiger partial charge in [0, 0.05) is 4.47 Å². The molecular weight excluding hydrogens is 388 g/mol. The number of benzene rings is 1. The fourth-order valence-corrected chi connectivity index (χ4v) is 3.20. The number of ether oxygens (including phenoxy) is 1. The van der Waals surface area contributed by atoms with E-state index in [-0.39, 0.29) is 11.6 Å². The van der Waals surface area contributed by atoms with Gasteiger partial charge in [-0.05, 0) is 40.0 Å². The number of hydrogen-bond acceptors (Lipinski definition) is 3. The van der Waals surface area contributed by atoms with Gasteiger partial charge in [-0.2, -0.15) is 5.10 Å². The van der Waals surface area contributed by atoms with Gasteiger partial charge in [-0.15, -0.1) is 0 Å². The maximum atomic E-state index is 11.8. The average molecular weight is 402 g/mol. The Morgan fingerprint density at radius 2 is 2.05 bits per heavy atom. The van der Waals surface area contributed by atoms with E-state index in [1.807, 2.05) is 24.3 Å². The van der Waals surface area contributed by atoms with Crippen molar-refractivity contribution in [1.29, 1.82) is 0 Å². The summed E-state index contributed by atoms with van der Waals surface area (Å²) in [6.45, 7) is 4.11. The van der Waals surface area contributed by atoms with Crippen molar-refractivity contribution in [2.45, 2.75) is 19.8 Å². The number of aromatic nitrogens is 2. The number of carbonyl (C=O) groups excluding carboxylic acids is 1. The summed E-state index contributed by atoms with van der Waals surface area (Å²) in [4.78, 5) is 11.8. The van der Waals surface area contributed by atoms with Crippen molar-refractivity contribution in [1.82, 2.24) is 9.78 Å². The first-order valence-electron chi connectivity index (χ1n) is 6.08. The lowest BCUT2D eigenvalue weighted by atomic mass is 10.1. The smallest absolute Gasteiger partial charge is 0.359 e. The Balaban J connectivity index is 2.66. The van der Waals surface area contributed by atoms with Crippen molar-refractivity contribution in [3.05, 3.63) is 44.6 Å². The van der Waals surface area contributed by atoms with E-state index in [2.05, 4.69) is 50.8 Å². The average Bonchev–Trinajstić information content (AvgIpc) is 2.75. The number of halogens is 2. The van der Waals surface area contributed by atoms with Crippen molar-refractivity contribution in [3.63, 3.8) is 0 Å². The van der Waals surface area contributed by atoms with Gasteiger partial charge < -0.3 is 4.74 Å². The van der Waals surface area contributed by atoms with E-state index in [1.165, 1.54) is 7.11 Å². The van der Waals surface area contributed by atoms with Gasteiger partial charge in [-0.3, -0.25) is 0 Å². The predicted octanol–water partition coefficient (Wildman–Crippen LogP) is 4.31. The van der Waals surface area contributed by atoms with Gasteiger partial charge in [0.25, 0.3) is 0 Å². The van der Waals surface area contributed by atoms with E-state index in [4.69, 9.17) is 4.74 Å². The molecule has 6 heteroatoms. The zero-order valence-corrected chi connectivity index (χ0v) is 14.5. The second-order valence-corrected chi connectivity index (χ2v) is 6.29. The van der Waals surface area contributed by atoms with Crippen LogP contribution in [0.4, 0.5) is 0 Å². The molecule has 0 radical (unpaired) electrons. The standard InChI is InChI=1S/C14H14Br2N2O2/c1-8(2)13-11(16)12(14(19)20-3)17-18(13)10-6-4-5-9(15)7-10/h4-8H,1-3H3. The van der Waals surface area contributed by atoms with Gasteiger partial charge in [-0.1, -0.05) is 35.8 Å². The summed E-state index contributed by atoms with van der Waals surface area (Å²) in [7, 11) is 1.35. The summed E-state index contributed by atoms with van der Waals surface area (Å²) in [5, 5.41) is 4.39. The molecule has 1 aromatic heterocycles. The molecule has 2 aromatic rings. The van der Waals surface area contributed by atoms with Crippen LogP contribution in [0.3, 0.4) is 0 Å². The van der Waals surface area contributed by atoms with Gasteiger partial charge in [0.1, 0.15) is 0 Å². The van der Waals surface area contributed by atoms with Crippen LogP contribution in [0.25, 0.3) is 5.69 Å². The van der Waals surface area contributed by atoms with Gasteiger partial charge in [0.15, 0.2) is 5.69 Å². The molecule has 0 aliphatic carbocycles. The summed E-state index contributed by atoms with van der Waals surface area (Å²) in [5.41, 5.74) is 2.11. The van der Waals surface area contributed by atoms with Gasteiger partial charge in [-0.25, -0.2) is 9.48 Å². The highest BCUT2D eigenvalue weighted by Crippen LogP contribution is 2.31. The van der Waals surface area contributed by atoms with Crippen LogP contribution >= 0.6 is 31.9 Å². The fourth-order valence-electron chi connectivity index (χ4n) is 1.94. The maximum Gasteiger partial charge on any atom is 0.359 e. The Bertz CT molecular complexity index is 651. The molecule has 20 heavy (non-hydrogen) atoms. The normalized spacial score (nSPS) is 10.9. The number of methoxy groups -OCH3 is 1. The molecular formula is C14H14Br2N2O2. The van der Waals surface area contributed by atoms with E-state index in [1.54, 1.807) is 4.68 Å². The summed E-state index contributed by atoms with van der Waals surface area (Å²) in [6.07, 6.45) is 0. The highest BCUT2D eigenvalue weighted by Gasteiger charge is 2.24. The van der Waals surface area contributed by atoms with Crippen molar-refractivity contribution in [3.8, 4) is 5.69 Å². The van der Waals surface area contributed by atoms with E-state index < -0.39 is 5.97 Å². The highest BCUT2D eigenvalue weighted by atomic mass is 79.9. The van der Waals surface area contributed by atoms with Crippen LogP contribution < -0.4 is 0 Å². The van der Waals surface area contributed by atoms with E-state index in [9.17, 15) is 4.79 Å². The highest BCUT2D eigenvalue weighted by molar-refractivity contribution is 9.10. The van der Waals surface area contributed by atoms with Gasteiger partial charge in [0.2, 0.25) is 0 Å². The molecule has 0 bridgehead atoms. The number of rotatable bonds is 3. The van der Waals surface area contributed by atoms with Crippen LogP contribution in [0.2, 0.25) is 0 Å². The number of hydrogen-bond donors (Lipinski definition) is 0. The number of nitrogens with zero attached hydrogens (tertiary/aromatic N) is 2. The molecule has 1 aromatic carbocycles. The lowest BCUT2D eigenvalue weighted by molar-refractivity contribution is 0.0592. The SMILES string of the molecule is COC(=O)c1nn(-c2cccc(Br)c2)c(C(C)C)c1Br. The van der Waals surface area contributed by atoms with Crippen LogP contribution in [0, 0.1) is 0 Å². The summed E-state index contributed by atoms with van der Waals surface area (Å²) >= 11 is 6.91. The monoisotopic (exact) mass is 400 g/mol. The van der Waals surface area contributed by atoms with E-state index >= 15 is 0 Å². The Morgan fingerprint density at radius 1 is 1.35 bits per heavy atom. The zero-order valence-electron chi connectivity index (χ0n) is 11.4. The Labute approximate surface area is 134 Å².